The first-order valence-corrected chi connectivity index (χ1v) is 7.24. The summed E-state index contributed by atoms with van der Waals surface area (Å²) in [7, 11) is 0. The molecular formula is C16H21NO2. The molecule has 0 saturated heterocycles. The molecule has 1 aromatic carbocycles. The van der Waals surface area contributed by atoms with E-state index in [0.717, 1.165) is 18.7 Å². The summed E-state index contributed by atoms with van der Waals surface area (Å²) in [5.74, 6) is 2.44. The molecular weight excluding hydrogens is 238 g/mol. The van der Waals surface area contributed by atoms with Crippen LogP contribution in [-0.2, 0) is 11.2 Å². The molecule has 3 heteroatoms. The van der Waals surface area contributed by atoms with Crippen LogP contribution in [0.25, 0.3) is 0 Å². The van der Waals surface area contributed by atoms with E-state index in [4.69, 9.17) is 4.74 Å². The Morgan fingerprint density at radius 3 is 3.11 bits per heavy atom. The molecule has 0 aromatic heterocycles. The van der Waals surface area contributed by atoms with Crippen molar-refractivity contribution in [3.8, 4) is 5.75 Å². The van der Waals surface area contributed by atoms with Crippen LogP contribution in [0, 0.1) is 5.92 Å². The Morgan fingerprint density at radius 1 is 1.47 bits per heavy atom. The molecule has 19 heavy (non-hydrogen) atoms. The zero-order chi connectivity index (χ0) is 13.4. The Hall–Kier alpha value is -1.51. The molecule has 1 saturated carbocycles. The molecule has 0 bridgehead atoms. The van der Waals surface area contributed by atoms with E-state index >= 15 is 0 Å². The lowest BCUT2D eigenvalue weighted by Crippen LogP contribution is -2.24. The Bertz CT molecular complexity index is 498. The van der Waals surface area contributed by atoms with Gasteiger partial charge in [-0.1, -0.05) is 19.1 Å². The molecule has 102 valence electrons. The number of fused-ring (bicyclic) bond motifs is 1. The third kappa shape index (κ3) is 2.46. The SMILES string of the molecule is CCC(=O)NC[C@@H]1C[C@H]1c1cccc2c1CC(C)O2. The molecule has 0 spiro atoms. The minimum absolute atomic E-state index is 0.154. The van der Waals surface area contributed by atoms with E-state index in [1.807, 2.05) is 6.92 Å². The van der Waals surface area contributed by atoms with Gasteiger partial charge in [0.15, 0.2) is 0 Å². The van der Waals surface area contributed by atoms with Crippen LogP contribution >= 0.6 is 0 Å². The third-order valence-corrected chi connectivity index (χ3v) is 4.19. The highest BCUT2D eigenvalue weighted by Gasteiger charge is 2.40. The molecule has 1 heterocycles. The molecule has 1 N–H and O–H groups in total. The number of hydrogen-bond donors (Lipinski definition) is 1. The van der Waals surface area contributed by atoms with Gasteiger partial charge in [0, 0.05) is 24.9 Å². The lowest BCUT2D eigenvalue weighted by atomic mass is 9.98. The maximum Gasteiger partial charge on any atom is 0.219 e. The highest BCUT2D eigenvalue weighted by molar-refractivity contribution is 5.75. The standard InChI is InChI=1S/C16H21NO2/c1-3-16(18)17-9-11-8-13(11)12-5-4-6-15-14(12)7-10(2)19-15/h4-6,10-11,13H,3,7-9H2,1-2H3,(H,17,18)/t10?,11-,13+/m0/s1. The number of benzene rings is 1. The van der Waals surface area contributed by atoms with Gasteiger partial charge in [-0.3, -0.25) is 4.79 Å². The number of nitrogens with one attached hydrogen (secondary N) is 1. The van der Waals surface area contributed by atoms with Gasteiger partial charge < -0.3 is 10.1 Å². The Morgan fingerprint density at radius 2 is 2.32 bits per heavy atom. The van der Waals surface area contributed by atoms with Crippen LogP contribution in [0.5, 0.6) is 5.75 Å². The zero-order valence-corrected chi connectivity index (χ0v) is 11.6. The van der Waals surface area contributed by atoms with E-state index in [1.54, 1.807) is 0 Å². The van der Waals surface area contributed by atoms with Crippen molar-refractivity contribution in [2.45, 2.75) is 45.1 Å². The summed E-state index contributed by atoms with van der Waals surface area (Å²) in [6.07, 6.45) is 3.09. The normalized spacial score (nSPS) is 27.6. The predicted octanol–water partition coefficient (Wildman–Crippen LogP) is 2.64. The average Bonchev–Trinajstić information content (AvgIpc) is 3.07. The molecule has 2 aliphatic rings. The molecule has 1 amide bonds. The van der Waals surface area contributed by atoms with Crippen molar-refractivity contribution in [3.05, 3.63) is 29.3 Å². The zero-order valence-electron chi connectivity index (χ0n) is 11.6. The van der Waals surface area contributed by atoms with Gasteiger partial charge in [0.1, 0.15) is 11.9 Å². The summed E-state index contributed by atoms with van der Waals surface area (Å²) < 4.78 is 5.81. The predicted molar refractivity (Wildman–Crippen MR) is 74.4 cm³/mol. The van der Waals surface area contributed by atoms with Gasteiger partial charge >= 0.3 is 0 Å². The highest BCUT2D eigenvalue weighted by atomic mass is 16.5. The van der Waals surface area contributed by atoms with Gasteiger partial charge in [-0.2, -0.15) is 0 Å². The number of carbonyl (C=O) groups is 1. The summed E-state index contributed by atoms with van der Waals surface area (Å²) >= 11 is 0. The lowest BCUT2D eigenvalue weighted by Gasteiger charge is -2.07. The lowest BCUT2D eigenvalue weighted by molar-refractivity contribution is -0.120. The fourth-order valence-electron chi connectivity index (χ4n) is 3.03. The molecule has 1 unspecified atom stereocenters. The van der Waals surface area contributed by atoms with E-state index in [-0.39, 0.29) is 5.91 Å². The van der Waals surface area contributed by atoms with E-state index in [0.29, 0.717) is 24.4 Å². The number of carbonyl (C=O) groups excluding carboxylic acids is 1. The minimum Gasteiger partial charge on any atom is -0.490 e. The monoisotopic (exact) mass is 259 g/mol. The summed E-state index contributed by atoms with van der Waals surface area (Å²) in [5.41, 5.74) is 2.84. The Labute approximate surface area is 114 Å². The first-order valence-electron chi connectivity index (χ1n) is 7.24. The summed E-state index contributed by atoms with van der Waals surface area (Å²) in [6, 6.07) is 6.39. The van der Waals surface area contributed by atoms with Gasteiger partial charge in [0.25, 0.3) is 0 Å². The van der Waals surface area contributed by atoms with Crippen LogP contribution in [0.4, 0.5) is 0 Å². The second-order valence-corrected chi connectivity index (χ2v) is 5.72. The van der Waals surface area contributed by atoms with Crippen molar-refractivity contribution >= 4 is 5.91 Å². The first-order chi connectivity index (χ1) is 9.19. The van der Waals surface area contributed by atoms with Gasteiger partial charge in [-0.25, -0.2) is 0 Å². The molecule has 3 atom stereocenters. The van der Waals surface area contributed by atoms with E-state index in [9.17, 15) is 4.79 Å². The maximum absolute atomic E-state index is 11.3. The van der Waals surface area contributed by atoms with Crippen LogP contribution in [-0.4, -0.2) is 18.6 Å². The molecule has 1 aliphatic carbocycles. The van der Waals surface area contributed by atoms with Gasteiger partial charge in [-0.05, 0) is 36.8 Å². The highest BCUT2D eigenvalue weighted by Crippen LogP contribution is 2.50. The van der Waals surface area contributed by atoms with E-state index in [2.05, 4.69) is 30.4 Å². The van der Waals surface area contributed by atoms with Crippen molar-refractivity contribution in [1.82, 2.24) is 5.32 Å². The van der Waals surface area contributed by atoms with Crippen molar-refractivity contribution in [2.24, 2.45) is 5.92 Å². The van der Waals surface area contributed by atoms with Crippen molar-refractivity contribution in [1.29, 1.82) is 0 Å². The number of ether oxygens (including phenoxy) is 1. The summed E-state index contributed by atoms with van der Waals surface area (Å²) in [6.45, 7) is 4.83. The smallest absolute Gasteiger partial charge is 0.219 e. The molecule has 1 aliphatic heterocycles. The molecule has 1 fully saturated rings. The number of amides is 1. The quantitative estimate of drug-likeness (QED) is 0.902. The number of hydrogen-bond acceptors (Lipinski definition) is 2. The van der Waals surface area contributed by atoms with Gasteiger partial charge in [-0.15, -0.1) is 0 Å². The minimum atomic E-state index is 0.154. The second kappa shape index (κ2) is 4.87. The van der Waals surface area contributed by atoms with Crippen molar-refractivity contribution < 1.29 is 9.53 Å². The van der Waals surface area contributed by atoms with Crippen LogP contribution in [0.3, 0.4) is 0 Å². The van der Waals surface area contributed by atoms with Crippen LogP contribution < -0.4 is 10.1 Å². The van der Waals surface area contributed by atoms with E-state index in [1.165, 1.54) is 17.5 Å². The van der Waals surface area contributed by atoms with Gasteiger partial charge in [0.05, 0.1) is 0 Å². The summed E-state index contributed by atoms with van der Waals surface area (Å²) in [4.78, 5) is 11.3. The fourth-order valence-corrected chi connectivity index (χ4v) is 3.03. The summed E-state index contributed by atoms with van der Waals surface area (Å²) in [5, 5.41) is 3.00. The van der Waals surface area contributed by atoms with Crippen molar-refractivity contribution in [2.75, 3.05) is 6.54 Å². The molecule has 3 rings (SSSR count). The average molecular weight is 259 g/mol. The third-order valence-electron chi connectivity index (χ3n) is 4.19. The first kappa shape index (κ1) is 12.5. The molecule has 3 nitrogen and oxygen atoms in total. The van der Waals surface area contributed by atoms with Crippen LogP contribution in [0.1, 0.15) is 43.7 Å². The Balaban J connectivity index is 1.66. The topological polar surface area (TPSA) is 38.3 Å². The molecule has 1 aromatic rings. The van der Waals surface area contributed by atoms with E-state index < -0.39 is 0 Å². The van der Waals surface area contributed by atoms with Crippen molar-refractivity contribution in [3.63, 3.8) is 0 Å². The Kier molecular flexibility index (Phi) is 3.21. The van der Waals surface area contributed by atoms with Crippen LogP contribution in [0.15, 0.2) is 18.2 Å². The molecule has 0 radical (unpaired) electrons. The fraction of sp³-hybridized carbons (Fsp3) is 0.562. The number of rotatable bonds is 4. The largest absolute Gasteiger partial charge is 0.490 e. The van der Waals surface area contributed by atoms with Gasteiger partial charge in [0.2, 0.25) is 5.91 Å². The maximum atomic E-state index is 11.3. The van der Waals surface area contributed by atoms with Crippen LogP contribution in [0.2, 0.25) is 0 Å². The second-order valence-electron chi connectivity index (χ2n) is 5.72.